The van der Waals surface area contributed by atoms with Crippen LogP contribution in [-0.2, 0) is 17.6 Å². The van der Waals surface area contributed by atoms with E-state index in [9.17, 15) is 4.79 Å². The van der Waals surface area contributed by atoms with Crippen LogP contribution in [0.4, 0.5) is 0 Å². The molecule has 1 amide bonds. The molecule has 3 aliphatic rings. The van der Waals surface area contributed by atoms with E-state index in [1.54, 1.807) is 0 Å². The van der Waals surface area contributed by atoms with Gasteiger partial charge in [-0.1, -0.05) is 11.6 Å². The van der Waals surface area contributed by atoms with E-state index in [0.29, 0.717) is 5.71 Å². The van der Waals surface area contributed by atoms with Crippen molar-refractivity contribution in [3.05, 3.63) is 22.5 Å². The lowest BCUT2D eigenvalue weighted by Crippen LogP contribution is -2.50. The third kappa shape index (κ3) is 2.53. The zero-order valence-electron chi connectivity index (χ0n) is 16.2. The molecule has 0 radical (unpaired) electrons. The molecule has 5 rings (SSSR count). The molecule has 6 heteroatoms. The summed E-state index contributed by atoms with van der Waals surface area (Å²) in [7, 11) is 1.82. The summed E-state index contributed by atoms with van der Waals surface area (Å²) < 4.78 is 11.2. The number of fused-ring (bicyclic) bond motifs is 2. The summed E-state index contributed by atoms with van der Waals surface area (Å²) >= 11 is 0. The summed E-state index contributed by atoms with van der Waals surface area (Å²) in [5.41, 5.74) is 4.34. The molecule has 1 saturated carbocycles. The lowest BCUT2D eigenvalue weighted by molar-refractivity contribution is -0.0295. The van der Waals surface area contributed by atoms with E-state index in [4.69, 9.17) is 9.26 Å². The molecular formula is C21H27N3O3. The molecule has 0 bridgehead atoms. The zero-order chi connectivity index (χ0) is 18.6. The first-order valence-corrected chi connectivity index (χ1v) is 10.2. The van der Waals surface area contributed by atoms with Crippen LogP contribution in [-0.4, -0.2) is 47.3 Å². The van der Waals surface area contributed by atoms with E-state index < -0.39 is 0 Å². The number of pyridine rings is 1. The lowest BCUT2D eigenvalue weighted by Gasteiger charge is -2.43. The Bertz CT molecular complexity index is 906. The average molecular weight is 369 g/mol. The first-order chi connectivity index (χ1) is 13.1. The number of aromatic nitrogens is 2. The van der Waals surface area contributed by atoms with Crippen LogP contribution in [0.15, 0.2) is 4.52 Å². The summed E-state index contributed by atoms with van der Waals surface area (Å²) in [4.78, 5) is 20.5. The zero-order valence-corrected chi connectivity index (χ0v) is 16.2. The normalized spacial score (nSPS) is 27.6. The Hall–Kier alpha value is -1.95. The summed E-state index contributed by atoms with van der Waals surface area (Å²) in [6.45, 7) is 3.52. The van der Waals surface area contributed by atoms with Crippen molar-refractivity contribution in [1.82, 2.24) is 15.0 Å². The maximum absolute atomic E-state index is 13.7. The van der Waals surface area contributed by atoms with Gasteiger partial charge < -0.3 is 14.2 Å². The molecule has 2 aliphatic carbocycles. The number of carbonyl (C=O) groups excluding carboxylic acids is 1. The SMILES string of the molecule is CO[C@@H]1CCC[C@]12CCCN(C(=O)c1c3c(nc4onc(C)c14)CCC3)C2. The minimum Gasteiger partial charge on any atom is -0.381 e. The minimum absolute atomic E-state index is 0.127. The van der Waals surface area contributed by atoms with Crippen LogP contribution in [0.3, 0.4) is 0 Å². The molecule has 6 nitrogen and oxygen atoms in total. The number of hydrogen-bond acceptors (Lipinski definition) is 5. The molecule has 144 valence electrons. The van der Waals surface area contributed by atoms with Crippen molar-refractivity contribution in [3.63, 3.8) is 0 Å². The molecule has 27 heavy (non-hydrogen) atoms. The largest absolute Gasteiger partial charge is 0.381 e. The van der Waals surface area contributed by atoms with Crippen molar-refractivity contribution >= 4 is 17.0 Å². The third-order valence-electron chi connectivity index (χ3n) is 7.04. The summed E-state index contributed by atoms with van der Waals surface area (Å²) in [5, 5.41) is 4.91. The van der Waals surface area contributed by atoms with Crippen molar-refractivity contribution in [1.29, 1.82) is 0 Å². The second kappa shape index (κ2) is 6.30. The van der Waals surface area contributed by atoms with Crippen molar-refractivity contribution in [2.75, 3.05) is 20.2 Å². The standard InChI is InChI=1S/C21H27N3O3/c1-13-17-18(14-6-3-7-15(14)22-19(17)27-23-13)20(25)24-11-5-10-21(12-24)9-4-8-16(21)26-2/h16H,3-12H2,1-2H3/t16-,21-/m1/s1. The van der Waals surface area contributed by atoms with E-state index in [0.717, 1.165) is 85.9 Å². The maximum atomic E-state index is 13.7. The molecule has 0 aromatic carbocycles. The minimum atomic E-state index is 0.127. The number of hydrogen-bond donors (Lipinski definition) is 0. The molecule has 2 atom stereocenters. The third-order valence-corrected chi connectivity index (χ3v) is 7.04. The van der Waals surface area contributed by atoms with E-state index >= 15 is 0 Å². The number of ether oxygens (including phenoxy) is 1. The molecule has 2 aromatic heterocycles. The molecule has 0 N–H and O–H groups in total. The van der Waals surface area contributed by atoms with Crippen molar-refractivity contribution in [2.45, 2.75) is 64.4 Å². The van der Waals surface area contributed by atoms with E-state index in [-0.39, 0.29) is 17.4 Å². The van der Waals surface area contributed by atoms with E-state index in [1.165, 1.54) is 6.42 Å². The van der Waals surface area contributed by atoms with Crippen LogP contribution in [0.1, 0.15) is 65.8 Å². The smallest absolute Gasteiger partial charge is 0.259 e. The van der Waals surface area contributed by atoms with Gasteiger partial charge in [0, 0.05) is 31.3 Å². The predicted molar refractivity (Wildman–Crippen MR) is 101 cm³/mol. The molecule has 2 aromatic rings. The van der Waals surface area contributed by atoms with Crippen LogP contribution in [0.5, 0.6) is 0 Å². The summed E-state index contributed by atoms with van der Waals surface area (Å²) in [6.07, 6.45) is 8.83. The highest BCUT2D eigenvalue weighted by atomic mass is 16.5. The molecule has 1 aliphatic heterocycles. The van der Waals surface area contributed by atoms with Gasteiger partial charge >= 0.3 is 0 Å². The number of amides is 1. The Kier molecular flexibility index (Phi) is 4.00. The van der Waals surface area contributed by atoms with E-state index in [2.05, 4.69) is 15.0 Å². The average Bonchev–Trinajstić information content (AvgIpc) is 3.39. The number of piperidine rings is 1. The second-order valence-corrected chi connectivity index (χ2v) is 8.52. The highest BCUT2D eigenvalue weighted by Gasteiger charge is 2.47. The van der Waals surface area contributed by atoms with Crippen LogP contribution >= 0.6 is 0 Å². The molecule has 3 heterocycles. The number of likely N-dealkylation sites (tertiary alicyclic amines) is 1. The Morgan fingerprint density at radius 3 is 2.96 bits per heavy atom. The molecule has 1 saturated heterocycles. The topological polar surface area (TPSA) is 68.5 Å². The van der Waals surface area contributed by atoms with Gasteiger partial charge in [0.05, 0.1) is 22.7 Å². The summed E-state index contributed by atoms with van der Waals surface area (Å²) in [6, 6.07) is 0. The molecule has 1 spiro atoms. The van der Waals surface area contributed by atoms with Gasteiger partial charge in [-0.2, -0.15) is 0 Å². The van der Waals surface area contributed by atoms with Gasteiger partial charge in [0.2, 0.25) is 0 Å². The number of nitrogens with zero attached hydrogens (tertiary/aromatic N) is 3. The fourth-order valence-electron chi connectivity index (χ4n) is 5.78. The van der Waals surface area contributed by atoms with Gasteiger partial charge in [0.1, 0.15) is 0 Å². The van der Waals surface area contributed by atoms with Crippen LogP contribution in [0, 0.1) is 12.3 Å². The Morgan fingerprint density at radius 2 is 2.11 bits per heavy atom. The molecule has 2 fully saturated rings. The van der Waals surface area contributed by atoms with Crippen LogP contribution in [0.2, 0.25) is 0 Å². The van der Waals surface area contributed by atoms with Gasteiger partial charge in [0.15, 0.2) is 0 Å². The van der Waals surface area contributed by atoms with Crippen molar-refractivity contribution in [2.24, 2.45) is 5.41 Å². The Morgan fingerprint density at radius 1 is 1.26 bits per heavy atom. The van der Waals surface area contributed by atoms with Crippen molar-refractivity contribution < 1.29 is 14.1 Å². The second-order valence-electron chi connectivity index (χ2n) is 8.52. The molecular weight excluding hydrogens is 342 g/mol. The van der Waals surface area contributed by atoms with Gasteiger partial charge in [-0.15, -0.1) is 0 Å². The number of aryl methyl sites for hydroxylation is 2. The fraction of sp³-hybridized carbons (Fsp3) is 0.667. The highest BCUT2D eigenvalue weighted by molar-refractivity contribution is 6.07. The van der Waals surface area contributed by atoms with E-state index in [1.807, 2.05) is 14.0 Å². The lowest BCUT2D eigenvalue weighted by atomic mass is 9.76. The van der Waals surface area contributed by atoms with Gasteiger partial charge in [-0.05, 0) is 57.4 Å². The maximum Gasteiger partial charge on any atom is 0.259 e. The Balaban J connectivity index is 1.56. The van der Waals surface area contributed by atoms with Gasteiger partial charge in [0.25, 0.3) is 11.6 Å². The van der Waals surface area contributed by atoms with Crippen LogP contribution < -0.4 is 0 Å². The first kappa shape index (κ1) is 17.2. The Labute approximate surface area is 159 Å². The first-order valence-electron chi connectivity index (χ1n) is 10.2. The highest BCUT2D eigenvalue weighted by Crippen LogP contribution is 2.47. The van der Waals surface area contributed by atoms with Crippen molar-refractivity contribution in [3.8, 4) is 0 Å². The predicted octanol–water partition coefficient (Wildman–Crippen LogP) is 3.44. The number of rotatable bonds is 2. The number of carbonyl (C=O) groups is 1. The fourth-order valence-corrected chi connectivity index (χ4v) is 5.78. The molecule has 0 unspecified atom stereocenters. The van der Waals surface area contributed by atoms with Crippen LogP contribution in [0.25, 0.3) is 11.1 Å². The summed E-state index contributed by atoms with van der Waals surface area (Å²) in [5.74, 6) is 0.132. The quantitative estimate of drug-likeness (QED) is 0.811. The van der Waals surface area contributed by atoms with Gasteiger partial charge in [-0.3, -0.25) is 4.79 Å². The monoisotopic (exact) mass is 369 g/mol. The number of methoxy groups -OCH3 is 1. The van der Waals surface area contributed by atoms with Gasteiger partial charge in [-0.25, -0.2) is 4.98 Å².